The van der Waals surface area contributed by atoms with Crippen LogP contribution in [0.3, 0.4) is 0 Å². The molecule has 2 amide bonds. The van der Waals surface area contributed by atoms with Gasteiger partial charge in [0, 0.05) is 0 Å². The number of nitrogens with zero attached hydrogens (tertiary/aromatic N) is 5. The first-order chi connectivity index (χ1) is 18.5. The number of hydrogen-bond acceptors (Lipinski definition) is 10. The number of carbonyl (C=O) groups excluding carboxylic acids is 2. The molecule has 0 aliphatic carbocycles. The second-order valence-electron chi connectivity index (χ2n) is 13.5. The van der Waals surface area contributed by atoms with Crippen LogP contribution in [0.2, 0.25) is 23.4 Å². The SMILES string of the molecule is C=C1[C@@H](O)[C@H](n2ncc3c(N(C(=O)OC(C)(C)C)C(=O)OC(C)(C)C)nc(Cl)nc32)O[C@@H]1CO[Si](C)(C)C(C)(C)C. The molecule has 1 fully saturated rings. The third-order valence-corrected chi connectivity index (χ3v) is 11.5. The number of hydrogen-bond donors (Lipinski definition) is 1. The molecule has 3 atom stereocenters. The molecule has 0 spiro atoms. The summed E-state index contributed by atoms with van der Waals surface area (Å²) >= 11 is 6.28. The Morgan fingerprint density at radius 2 is 1.61 bits per heavy atom. The molecule has 0 aromatic carbocycles. The van der Waals surface area contributed by atoms with Crippen molar-refractivity contribution in [3.63, 3.8) is 0 Å². The van der Waals surface area contributed by atoms with Crippen molar-refractivity contribution in [2.75, 3.05) is 11.5 Å². The van der Waals surface area contributed by atoms with Crippen molar-refractivity contribution in [1.29, 1.82) is 0 Å². The molecule has 0 bridgehead atoms. The second kappa shape index (κ2) is 11.2. The Labute approximate surface area is 247 Å². The molecule has 41 heavy (non-hydrogen) atoms. The van der Waals surface area contributed by atoms with Gasteiger partial charge in [0.05, 0.1) is 18.2 Å². The third-order valence-electron chi connectivity index (χ3n) is 6.78. The van der Waals surface area contributed by atoms with E-state index in [1.807, 2.05) is 0 Å². The van der Waals surface area contributed by atoms with Crippen LogP contribution in [-0.2, 0) is 18.6 Å². The van der Waals surface area contributed by atoms with Gasteiger partial charge >= 0.3 is 12.2 Å². The summed E-state index contributed by atoms with van der Waals surface area (Å²) in [5.41, 5.74) is -1.32. The van der Waals surface area contributed by atoms with Gasteiger partial charge in [-0.3, -0.25) is 0 Å². The van der Waals surface area contributed by atoms with Gasteiger partial charge in [0.25, 0.3) is 0 Å². The lowest BCUT2D eigenvalue weighted by Gasteiger charge is -2.36. The molecule has 1 aliphatic heterocycles. The molecule has 3 heterocycles. The van der Waals surface area contributed by atoms with Crippen molar-refractivity contribution in [2.24, 2.45) is 0 Å². The topological polar surface area (TPSA) is 138 Å². The lowest BCUT2D eigenvalue weighted by Crippen LogP contribution is -2.44. The standard InChI is InChI=1S/C27H42ClN5O7Si/c1-15-17(14-37-41(11,12)27(8,9)10)38-21(18(15)34)33-20-16(13-29-33)19(30-22(28)31-20)32(23(35)39-25(2,3)4)24(36)40-26(5,6)7/h13,17-18,21,34H,1,14H2,2-12H3/t17-,18-,21-/m1/s1. The van der Waals surface area contributed by atoms with E-state index < -0.39 is 50.1 Å². The van der Waals surface area contributed by atoms with Crippen LogP contribution in [-0.4, -0.2) is 75.4 Å². The summed E-state index contributed by atoms with van der Waals surface area (Å²) in [5.74, 6) is -0.195. The third kappa shape index (κ3) is 7.44. The summed E-state index contributed by atoms with van der Waals surface area (Å²) in [6.45, 7) is 24.9. The highest BCUT2D eigenvalue weighted by atomic mass is 35.5. The Morgan fingerprint density at radius 3 is 2.10 bits per heavy atom. The van der Waals surface area contributed by atoms with Crippen LogP contribution in [0.5, 0.6) is 0 Å². The second-order valence-corrected chi connectivity index (χ2v) is 18.7. The molecule has 1 N–H and O–H groups in total. The maximum atomic E-state index is 13.3. The van der Waals surface area contributed by atoms with E-state index in [-0.39, 0.29) is 33.8 Å². The summed E-state index contributed by atoms with van der Waals surface area (Å²) in [7, 11) is -2.10. The number of aromatic nitrogens is 4. The number of ether oxygens (including phenoxy) is 3. The normalized spacial score (nSPS) is 20.4. The Kier molecular flexibility index (Phi) is 9.03. The van der Waals surface area contributed by atoms with Gasteiger partial charge in [-0.05, 0) is 76.8 Å². The molecule has 3 rings (SSSR count). The molecule has 2 aromatic heterocycles. The Hall–Kier alpha value is -2.58. The Bertz CT molecular complexity index is 1300. The van der Waals surface area contributed by atoms with Crippen molar-refractivity contribution in [3.05, 3.63) is 23.6 Å². The van der Waals surface area contributed by atoms with Gasteiger partial charge < -0.3 is 23.7 Å². The van der Waals surface area contributed by atoms with Gasteiger partial charge in [0.2, 0.25) is 5.28 Å². The van der Waals surface area contributed by atoms with Crippen LogP contribution in [0.25, 0.3) is 11.0 Å². The van der Waals surface area contributed by atoms with Crippen molar-refractivity contribution in [2.45, 2.75) is 110 Å². The van der Waals surface area contributed by atoms with Crippen molar-refractivity contribution < 1.29 is 33.3 Å². The van der Waals surface area contributed by atoms with E-state index in [2.05, 4.69) is 55.5 Å². The van der Waals surface area contributed by atoms with Crippen LogP contribution < -0.4 is 4.90 Å². The highest BCUT2D eigenvalue weighted by Crippen LogP contribution is 2.39. The first kappa shape index (κ1) is 32.9. The van der Waals surface area contributed by atoms with Crippen LogP contribution in [0.15, 0.2) is 18.3 Å². The van der Waals surface area contributed by atoms with E-state index in [0.29, 0.717) is 10.5 Å². The van der Waals surface area contributed by atoms with Gasteiger partial charge in [-0.1, -0.05) is 27.4 Å². The van der Waals surface area contributed by atoms with Crippen molar-refractivity contribution in [1.82, 2.24) is 19.7 Å². The molecule has 12 nitrogen and oxygen atoms in total. The number of amides is 2. The zero-order chi connectivity index (χ0) is 31.3. The van der Waals surface area contributed by atoms with Gasteiger partial charge in [-0.25, -0.2) is 14.3 Å². The molecule has 0 radical (unpaired) electrons. The van der Waals surface area contributed by atoms with E-state index in [1.54, 1.807) is 41.5 Å². The van der Waals surface area contributed by atoms with Crippen molar-refractivity contribution >= 4 is 49.0 Å². The Morgan fingerprint density at radius 1 is 1.07 bits per heavy atom. The summed E-state index contributed by atoms with van der Waals surface area (Å²) in [5, 5.41) is 15.3. The highest BCUT2D eigenvalue weighted by molar-refractivity contribution is 6.74. The Balaban J connectivity index is 2.02. The number of halogens is 1. The summed E-state index contributed by atoms with van der Waals surface area (Å²) < 4.78 is 24.7. The van der Waals surface area contributed by atoms with E-state index in [1.165, 1.54) is 10.9 Å². The molecule has 1 saturated heterocycles. The maximum Gasteiger partial charge on any atom is 0.425 e. The average molecular weight is 612 g/mol. The number of carbonyl (C=O) groups is 2. The molecule has 1 aliphatic rings. The number of aliphatic hydroxyl groups excluding tert-OH is 1. The maximum absolute atomic E-state index is 13.3. The quantitative estimate of drug-likeness (QED) is 0.243. The molecule has 228 valence electrons. The highest BCUT2D eigenvalue weighted by Gasteiger charge is 2.44. The molecular weight excluding hydrogens is 570 g/mol. The van der Waals surface area contributed by atoms with Crippen LogP contribution in [0.1, 0.15) is 68.5 Å². The minimum atomic E-state index is -2.10. The molecule has 14 heteroatoms. The van der Waals surface area contributed by atoms with Gasteiger partial charge in [0.15, 0.2) is 26.0 Å². The number of fused-ring (bicyclic) bond motifs is 1. The van der Waals surface area contributed by atoms with Crippen molar-refractivity contribution in [3.8, 4) is 0 Å². The van der Waals surface area contributed by atoms with Gasteiger partial charge in [0.1, 0.15) is 23.4 Å². The minimum absolute atomic E-state index is 0.0125. The lowest BCUT2D eigenvalue weighted by molar-refractivity contribution is -0.0531. The zero-order valence-corrected chi connectivity index (χ0v) is 27.5. The predicted octanol–water partition coefficient (Wildman–Crippen LogP) is 5.99. The number of rotatable bonds is 5. The smallest absolute Gasteiger partial charge is 0.425 e. The van der Waals surface area contributed by atoms with Crippen LogP contribution >= 0.6 is 11.6 Å². The van der Waals surface area contributed by atoms with E-state index in [9.17, 15) is 14.7 Å². The zero-order valence-electron chi connectivity index (χ0n) is 25.7. The van der Waals surface area contributed by atoms with Crippen LogP contribution in [0, 0.1) is 0 Å². The number of anilines is 1. The van der Waals surface area contributed by atoms with E-state index in [4.69, 9.17) is 30.2 Å². The fourth-order valence-corrected chi connectivity index (χ4v) is 4.81. The van der Waals surface area contributed by atoms with E-state index >= 15 is 0 Å². The monoisotopic (exact) mass is 611 g/mol. The fraction of sp³-hybridized carbons (Fsp3) is 0.667. The van der Waals surface area contributed by atoms with Gasteiger partial charge in [-0.2, -0.15) is 20.0 Å². The van der Waals surface area contributed by atoms with E-state index in [0.717, 1.165) is 0 Å². The number of aliphatic hydroxyl groups is 1. The first-order valence-electron chi connectivity index (χ1n) is 13.4. The predicted molar refractivity (Wildman–Crippen MR) is 157 cm³/mol. The number of imide groups is 1. The summed E-state index contributed by atoms with van der Waals surface area (Å²) in [6, 6.07) is 0. The summed E-state index contributed by atoms with van der Waals surface area (Å²) in [6.07, 6.45) is -3.46. The minimum Gasteiger partial charge on any atom is -0.443 e. The average Bonchev–Trinajstić information content (AvgIpc) is 3.30. The molecular formula is C27H42ClN5O7Si. The molecule has 2 aromatic rings. The fourth-order valence-electron chi connectivity index (χ4n) is 3.65. The lowest BCUT2D eigenvalue weighted by atomic mass is 10.1. The molecule has 0 unspecified atom stereocenters. The largest absolute Gasteiger partial charge is 0.443 e. The summed E-state index contributed by atoms with van der Waals surface area (Å²) in [4.78, 5) is 35.6. The van der Waals surface area contributed by atoms with Gasteiger partial charge in [-0.15, -0.1) is 0 Å². The molecule has 0 saturated carbocycles. The first-order valence-corrected chi connectivity index (χ1v) is 16.6. The van der Waals surface area contributed by atoms with Crippen LogP contribution in [0.4, 0.5) is 15.4 Å².